The van der Waals surface area contributed by atoms with Gasteiger partial charge in [-0.3, -0.25) is 4.72 Å². The first-order chi connectivity index (χ1) is 11.2. The maximum atomic E-state index is 12.1. The van der Waals surface area contributed by atoms with Crippen LogP contribution in [0.25, 0.3) is 6.08 Å². The highest BCUT2D eigenvalue weighted by Crippen LogP contribution is 2.29. The van der Waals surface area contributed by atoms with Crippen LogP contribution in [0.4, 0.5) is 14.5 Å². The Hall–Kier alpha value is -1.83. The first-order valence-corrected chi connectivity index (χ1v) is 8.76. The number of ether oxygens (including phenoxy) is 1. The molecular weight excluding hydrogens is 383 g/mol. The third-order valence-electron chi connectivity index (χ3n) is 2.72. The molecule has 0 aliphatic rings. The summed E-state index contributed by atoms with van der Waals surface area (Å²) in [7, 11) is -3.81. The van der Waals surface area contributed by atoms with E-state index >= 15 is 0 Å². The molecule has 0 unspecified atom stereocenters. The van der Waals surface area contributed by atoms with E-state index in [0.717, 1.165) is 11.5 Å². The zero-order valence-electron chi connectivity index (χ0n) is 11.9. The van der Waals surface area contributed by atoms with Crippen molar-refractivity contribution in [2.75, 3.05) is 4.72 Å². The Bertz CT molecular complexity index is 840. The Balaban J connectivity index is 2.11. The lowest BCUT2D eigenvalue weighted by Gasteiger charge is -2.09. The Kier molecular flexibility index (Phi) is 6.04. The van der Waals surface area contributed by atoms with Gasteiger partial charge in [-0.15, -0.1) is 0 Å². The second-order valence-electron chi connectivity index (χ2n) is 4.53. The minimum absolute atomic E-state index is 0.113. The Morgan fingerprint density at radius 1 is 1.08 bits per heavy atom. The van der Waals surface area contributed by atoms with Gasteiger partial charge in [0.15, 0.2) is 0 Å². The smallest absolute Gasteiger partial charge is 0.387 e. The second kappa shape index (κ2) is 7.83. The minimum Gasteiger partial charge on any atom is -0.433 e. The zero-order valence-corrected chi connectivity index (χ0v) is 14.2. The van der Waals surface area contributed by atoms with Crippen LogP contribution in [0.3, 0.4) is 0 Å². The second-order valence-corrected chi connectivity index (χ2v) is 6.94. The summed E-state index contributed by atoms with van der Waals surface area (Å²) in [5.41, 5.74) is 0.755. The Labute approximate surface area is 147 Å². The van der Waals surface area contributed by atoms with Crippen LogP contribution in [0.1, 0.15) is 5.56 Å². The third-order valence-corrected chi connectivity index (χ3v) is 4.28. The van der Waals surface area contributed by atoms with Crippen molar-refractivity contribution in [1.29, 1.82) is 0 Å². The molecule has 4 nitrogen and oxygen atoms in total. The molecule has 0 amide bonds. The molecule has 0 aliphatic heterocycles. The number of halogens is 4. The number of anilines is 1. The molecule has 0 saturated heterocycles. The molecule has 2 rings (SSSR count). The zero-order chi connectivity index (χ0) is 17.7. The fourth-order valence-electron chi connectivity index (χ4n) is 1.70. The van der Waals surface area contributed by atoms with Crippen molar-refractivity contribution in [3.8, 4) is 5.75 Å². The number of rotatable bonds is 6. The maximum Gasteiger partial charge on any atom is 0.387 e. The molecule has 2 aromatic carbocycles. The lowest BCUT2D eigenvalue weighted by Crippen LogP contribution is -2.09. The van der Waals surface area contributed by atoms with E-state index in [1.807, 2.05) is 0 Å². The first kappa shape index (κ1) is 18.5. The van der Waals surface area contributed by atoms with Gasteiger partial charge in [0.1, 0.15) is 5.75 Å². The highest BCUT2D eigenvalue weighted by molar-refractivity contribution is 7.95. The van der Waals surface area contributed by atoms with Crippen LogP contribution in [0.15, 0.2) is 47.9 Å². The van der Waals surface area contributed by atoms with Gasteiger partial charge in [0.05, 0.1) is 16.1 Å². The van der Waals surface area contributed by atoms with Gasteiger partial charge < -0.3 is 4.74 Å². The van der Waals surface area contributed by atoms with Crippen LogP contribution in [0.2, 0.25) is 10.0 Å². The highest BCUT2D eigenvalue weighted by Gasteiger charge is 2.11. The number of benzene rings is 2. The van der Waals surface area contributed by atoms with Crippen LogP contribution >= 0.6 is 23.2 Å². The molecule has 0 heterocycles. The topological polar surface area (TPSA) is 55.4 Å². The summed E-state index contributed by atoms with van der Waals surface area (Å²) >= 11 is 11.5. The van der Waals surface area contributed by atoms with E-state index in [0.29, 0.717) is 10.6 Å². The highest BCUT2D eigenvalue weighted by atomic mass is 35.5. The molecule has 0 atom stereocenters. The van der Waals surface area contributed by atoms with Crippen LogP contribution < -0.4 is 9.46 Å². The fourth-order valence-corrected chi connectivity index (χ4v) is 2.91. The summed E-state index contributed by atoms with van der Waals surface area (Å²) < 4.78 is 54.7. The lowest BCUT2D eigenvalue weighted by molar-refractivity contribution is -0.0497. The molecule has 0 fully saturated rings. The van der Waals surface area contributed by atoms with Gasteiger partial charge in [-0.2, -0.15) is 8.78 Å². The van der Waals surface area contributed by atoms with Gasteiger partial charge in [-0.05, 0) is 42.0 Å². The molecule has 0 bridgehead atoms. The molecule has 0 saturated carbocycles. The van der Waals surface area contributed by atoms with E-state index in [1.54, 1.807) is 24.3 Å². The fraction of sp³-hybridized carbons (Fsp3) is 0.0667. The van der Waals surface area contributed by atoms with Crippen molar-refractivity contribution < 1.29 is 21.9 Å². The summed E-state index contributed by atoms with van der Waals surface area (Å²) in [6.07, 6.45) is 1.38. The molecule has 128 valence electrons. The summed E-state index contributed by atoms with van der Waals surface area (Å²) in [5, 5.41) is 1.36. The maximum absolute atomic E-state index is 12.1. The largest absolute Gasteiger partial charge is 0.433 e. The van der Waals surface area contributed by atoms with Crippen LogP contribution in [-0.4, -0.2) is 15.0 Å². The van der Waals surface area contributed by atoms with E-state index in [2.05, 4.69) is 9.46 Å². The van der Waals surface area contributed by atoms with E-state index in [-0.39, 0.29) is 16.5 Å². The van der Waals surface area contributed by atoms with E-state index in [9.17, 15) is 17.2 Å². The van der Waals surface area contributed by atoms with Gasteiger partial charge in [0.2, 0.25) is 0 Å². The number of hydrogen-bond acceptors (Lipinski definition) is 3. The average molecular weight is 394 g/mol. The van der Waals surface area contributed by atoms with Crippen LogP contribution in [0, 0.1) is 0 Å². The standard InChI is InChI=1S/C15H11Cl2F2NO3S/c16-11-3-1-10(2-4-11)7-8-24(21,22)20-12-5-6-14(13(17)9-12)23-15(18)19/h1-9,15,20H/b8-7+. The summed E-state index contributed by atoms with van der Waals surface area (Å²) in [6.45, 7) is -3.02. The van der Waals surface area contributed by atoms with Crippen LogP contribution in [-0.2, 0) is 10.0 Å². The SMILES string of the molecule is O=S(=O)(/C=C/c1ccc(Cl)cc1)Nc1ccc(OC(F)F)c(Cl)c1. The molecule has 0 aromatic heterocycles. The van der Waals surface area contributed by atoms with Crippen molar-refractivity contribution in [1.82, 2.24) is 0 Å². The minimum atomic E-state index is -3.81. The van der Waals surface area contributed by atoms with Gasteiger partial charge in [-0.25, -0.2) is 8.42 Å². The molecule has 0 spiro atoms. The predicted octanol–water partition coefficient (Wildman–Crippen LogP) is 5.01. The van der Waals surface area contributed by atoms with Crippen molar-refractivity contribution in [3.05, 3.63) is 63.5 Å². The first-order valence-electron chi connectivity index (χ1n) is 6.46. The van der Waals surface area contributed by atoms with Gasteiger partial charge in [0.25, 0.3) is 10.0 Å². The van der Waals surface area contributed by atoms with E-state index in [4.69, 9.17) is 23.2 Å². The van der Waals surface area contributed by atoms with Gasteiger partial charge in [0, 0.05) is 5.02 Å². The normalized spacial score (nSPS) is 11.9. The predicted molar refractivity (Wildman–Crippen MR) is 91.1 cm³/mol. The van der Waals surface area contributed by atoms with Gasteiger partial charge >= 0.3 is 6.61 Å². The molecule has 9 heteroatoms. The third kappa shape index (κ3) is 5.67. The Morgan fingerprint density at radius 3 is 2.33 bits per heavy atom. The quantitative estimate of drug-likeness (QED) is 0.750. The summed E-state index contributed by atoms with van der Waals surface area (Å²) in [6, 6.07) is 10.1. The monoisotopic (exact) mass is 393 g/mol. The van der Waals surface area contributed by atoms with Crippen molar-refractivity contribution >= 4 is 45.0 Å². The number of nitrogens with one attached hydrogen (secondary N) is 1. The molecule has 2 aromatic rings. The number of alkyl halides is 2. The summed E-state index contributed by atoms with van der Waals surface area (Å²) in [5.74, 6) is -0.244. The van der Waals surface area contributed by atoms with Crippen molar-refractivity contribution in [2.45, 2.75) is 6.61 Å². The molecule has 0 aliphatic carbocycles. The van der Waals surface area contributed by atoms with Gasteiger partial charge in [-0.1, -0.05) is 35.3 Å². The van der Waals surface area contributed by atoms with Crippen LogP contribution in [0.5, 0.6) is 5.75 Å². The van der Waals surface area contributed by atoms with Crippen molar-refractivity contribution in [3.63, 3.8) is 0 Å². The average Bonchev–Trinajstić information content (AvgIpc) is 2.49. The molecule has 1 N–H and O–H groups in total. The Morgan fingerprint density at radius 2 is 1.75 bits per heavy atom. The summed E-state index contributed by atoms with van der Waals surface area (Å²) in [4.78, 5) is 0. The van der Waals surface area contributed by atoms with Crippen molar-refractivity contribution in [2.24, 2.45) is 0 Å². The molecule has 24 heavy (non-hydrogen) atoms. The lowest BCUT2D eigenvalue weighted by atomic mass is 10.2. The molecular formula is C15H11Cl2F2NO3S. The number of hydrogen-bond donors (Lipinski definition) is 1. The molecule has 0 radical (unpaired) electrons. The van der Waals surface area contributed by atoms with E-state index < -0.39 is 16.6 Å². The van der Waals surface area contributed by atoms with E-state index in [1.165, 1.54) is 18.2 Å². The number of sulfonamides is 1.